The molecule has 0 aliphatic carbocycles. The van der Waals surface area contributed by atoms with E-state index in [2.05, 4.69) is 15.5 Å². The van der Waals surface area contributed by atoms with Crippen LogP contribution in [0.4, 0.5) is 11.5 Å². The van der Waals surface area contributed by atoms with Gasteiger partial charge in [-0.15, -0.1) is 0 Å². The van der Waals surface area contributed by atoms with Crippen molar-refractivity contribution in [3.8, 4) is 0 Å². The van der Waals surface area contributed by atoms with Gasteiger partial charge in [-0.25, -0.2) is 0 Å². The number of carbonyl (C=O) groups is 1. The molecule has 0 aliphatic heterocycles. The summed E-state index contributed by atoms with van der Waals surface area (Å²) < 4.78 is 0. The maximum Gasteiger partial charge on any atom is 0.255 e. The molecular formula is C17H15ClN4OS. The number of amides is 1. The summed E-state index contributed by atoms with van der Waals surface area (Å²) in [7, 11) is 0. The first-order chi connectivity index (χ1) is 11.5. The molecule has 1 aromatic heterocycles. The summed E-state index contributed by atoms with van der Waals surface area (Å²) in [5.74, 6) is 0.0393. The highest BCUT2D eigenvalue weighted by atomic mass is 35.5. The molecule has 7 heteroatoms. The van der Waals surface area contributed by atoms with Gasteiger partial charge >= 0.3 is 0 Å². The quantitative estimate of drug-likeness (QED) is 0.647. The third-order valence-corrected chi connectivity index (χ3v) is 4.59. The number of aromatic nitrogens is 2. The number of hydrogen-bond donors (Lipinski definition) is 3. The van der Waals surface area contributed by atoms with Gasteiger partial charge < -0.3 is 11.1 Å². The molecule has 0 spiro atoms. The SMILES string of the molecule is Cc1ccc(Sc2n[nH]c(N)c2NC(=O)c2ccc(Cl)cc2)cc1. The lowest BCUT2D eigenvalue weighted by Gasteiger charge is -2.07. The minimum absolute atomic E-state index is 0.273. The smallest absolute Gasteiger partial charge is 0.255 e. The van der Waals surface area contributed by atoms with E-state index < -0.39 is 0 Å². The van der Waals surface area contributed by atoms with Crippen molar-refractivity contribution in [2.45, 2.75) is 16.8 Å². The number of rotatable bonds is 4. The lowest BCUT2D eigenvalue weighted by Crippen LogP contribution is -2.13. The molecule has 24 heavy (non-hydrogen) atoms. The summed E-state index contributed by atoms with van der Waals surface area (Å²) in [5, 5.41) is 10.9. The highest BCUT2D eigenvalue weighted by Gasteiger charge is 2.16. The molecule has 0 bridgehead atoms. The van der Waals surface area contributed by atoms with Crippen LogP contribution in [0.1, 0.15) is 15.9 Å². The number of nitrogen functional groups attached to an aromatic ring is 1. The molecule has 1 heterocycles. The number of hydrogen-bond acceptors (Lipinski definition) is 4. The van der Waals surface area contributed by atoms with E-state index in [4.69, 9.17) is 17.3 Å². The Balaban J connectivity index is 1.80. The number of carbonyl (C=O) groups excluding carboxylic acids is 1. The van der Waals surface area contributed by atoms with Gasteiger partial charge in [0.25, 0.3) is 5.91 Å². The van der Waals surface area contributed by atoms with Crippen LogP contribution >= 0.6 is 23.4 Å². The minimum Gasteiger partial charge on any atom is -0.382 e. The Bertz CT molecular complexity index is 859. The van der Waals surface area contributed by atoms with Crippen LogP contribution in [0.3, 0.4) is 0 Å². The molecule has 1 amide bonds. The second kappa shape index (κ2) is 6.98. The summed E-state index contributed by atoms with van der Waals surface area (Å²) in [5.41, 5.74) is 8.04. The molecule has 0 saturated heterocycles. The van der Waals surface area contributed by atoms with E-state index in [1.807, 2.05) is 31.2 Å². The third kappa shape index (κ3) is 3.72. The molecule has 0 atom stereocenters. The molecule has 3 aromatic rings. The Morgan fingerprint density at radius 3 is 2.50 bits per heavy atom. The van der Waals surface area contributed by atoms with Crippen LogP contribution < -0.4 is 11.1 Å². The van der Waals surface area contributed by atoms with Gasteiger partial charge in [0.2, 0.25) is 0 Å². The third-order valence-electron chi connectivity index (χ3n) is 3.34. The average Bonchev–Trinajstić information content (AvgIpc) is 2.91. The van der Waals surface area contributed by atoms with E-state index in [0.717, 1.165) is 4.90 Å². The van der Waals surface area contributed by atoms with Crippen molar-refractivity contribution in [3.05, 3.63) is 64.7 Å². The summed E-state index contributed by atoms with van der Waals surface area (Å²) in [6.45, 7) is 2.03. The van der Waals surface area contributed by atoms with Crippen molar-refractivity contribution >= 4 is 40.8 Å². The van der Waals surface area contributed by atoms with Crippen molar-refractivity contribution in [1.82, 2.24) is 10.2 Å². The van der Waals surface area contributed by atoms with Crippen molar-refractivity contribution in [3.63, 3.8) is 0 Å². The fourth-order valence-corrected chi connectivity index (χ4v) is 3.01. The average molecular weight is 359 g/mol. The first kappa shape index (κ1) is 16.4. The molecule has 122 valence electrons. The van der Waals surface area contributed by atoms with Gasteiger partial charge in [-0.1, -0.05) is 41.1 Å². The second-order valence-corrected chi connectivity index (χ2v) is 6.69. The van der Waals surface area contributed by atoms with E-state index in [0.29, 0.717) is 27.1 Å². The highest BCUT2D eigenvalue weighted by Crippen LogP contribution is 2.35. The van der Waals surface area contributed by atoms with Gasteiger partial charge in [0.05, 0.1) is 0 Å². The number of aromatic amines is 1. The number of nitrogens with one attached hydrogen (secondary N) is 2. The number of H-pyrrole nitrogens is 1. The van der Waals surface area contributed by atoms with Gasteiger partial charge in [0.1, 0.15) is 16.5 Å². The summed E-state index contributed by atoms with van der Waals surface area (Å²) in [6.07, 6.45) is 0. The van der Waals surface area contributed by atoms with Gasteiger partial charge in [0, 0.05) is 15.5 Å². The molecule has 3 rings (SSSR count). The Morgan fingerprint density at radius 2 is 1.83 bits per heavy atom. The second-order valence-electron chi connectivity index (χ2n) is 5.19. The zero-order valence-corrected chi connectivity index (χ0v) is 14.4. The summed E-state index contributed by atoms with van der Waals surface area (Å²) in [4.78, 5) is 13.4. The molecule has 0 fully saturated rings. The van der Waals surface area contributed by atoms with Crippen LogP contribution in [0.5, 0.6) is 0 Å². The normalized spacial score (nSPS) is 10.6. The van der Waals surface area contributed by atoms with Crippen LogP contribution in [-0.4, -0.2) is 16.1 Å². The molecule has 5 nitrogen and oxygen atoms in total. The first-order valence-corrected chi connectivity index (χ1v) is 8.37. The van der Waals surface area contributed by atoms with Crippen molar-refractivity contribution in [1.29, 1.82) is 0 Å². The maximum absolute atomic E-state index is 12.4. The van der Waals surface area contributed by atoms with Crippen LogP contribution in [0.15, 0.2) is 58.5 Å². The van der Waals surface area contributed by atoms with E-state index in [1.54, 1.807) is 24.3 Å². The number of nitrogens with zero attached hydrogens (tertiary/aromatic N) is 1. The van der Waals surface area contributed by atoms with Gasteiger partial charge in [0.15, 0.2) is 0 Å². The molecule has 0 unspecified atom stereocenters. The lowest BCUT2D eigenvalue weighted by atomic mass is 10.2. The number of aryl methyl sites for hydroxylation is 1. The standard InChI is InChI=1S/C17H15ClN4OS/c1-10-2-8-13(9-3-10)24-17-14(15(19)21-22-17)20-16(23)11-4-6-12(18)7-5-11/h2-9H,1H3,(H,20,23)(H3,19,21,22). The van der Waals surface area contributed by atoms with Gasteiger partial charge in [-0.3, -0.25) is 9.89 Å². The molecular weight excluding hydrogens is 344 g/mol. The van der Waals surface area contributed by atoms with Crippen LogP contribution in [0.25, 0.3) is 0 Å². The summed E-state index contributed by atoms with van der Waals surface area (Å²) in [6, 6.07) is 14.7. The Labute approximate surface area is 148 Å². The zero-order valence-electron chi connectivity index (χ0n) is 12.8. The van der Waals surface area contributed by atoms with E-state index >= 15 is 0 Å². The van der Waals surface area contributed by atoms with Crippen molar-refractivity contribution in [2.24, 2.45) is 0 Å². The maximum atomic E-state index is 12.4. The van der Waals surface area contributed by atoms with Gasteiger partial charge in [-0.2, -0.15) is 5.10 Å². The van der Waals surface area contributed by atoms with Gasteiger partial charge in [-0.05, 0) is 43.3 Å². The molecule has 0 saturated carbocycles. The summed E-state index contributed by atoms with van der Waals surface area (Å²) >= 11 is 7.27. The predicted octanol–water partition coefficient (Wildman–Crippen LogP) is 4.36. The van der Waals surface area contributed by atoms with E-state index in [-0.39, 0.29) is 5.91 Å². The van der Waals surface area contributed by atoms with E-state index in [1.165, 1.54) is 17.3 Å². The van der Waals surface area contributed by atoms with Crippen LogP contribution in [0.2, 0.25) is 5.02 Å². The van der Waals surface area contributed by atoms with Crippen molar-refractivity contribution in [2.75, 3.05) is 11.1 Å². The number of benzene rings is 2. The number of nitrogens with two attached hydrogens (primary N) is 1. The molecule has 0 radical (unpaired) electrons. The molecule has 0 aliphatic rings. The highest BCUT2D eigenvalue weighted by molar-refractivity contribution is 7.99. The zero-order chi connectivity index (χ0) is 17.1. The fraction of sp³-hybridized carbons (Fsp3) is 0.0588. The number of halogens is 1. The first-order valence-electron chi connectivity index (χ1n) is 7.18. The topological polar surface area (TPSA) is 83.8 Å². The Morgan fingerprint density at radius 1 is 1.17 bits per heavy atom. The van der Waals surface area contributed by atoms with Crippen molar-refractivity contribution < 1.29 is 4.79 Å². The monoisotopic (exact) mass is 358 g/mol. The Kier molecular flexibility index (Phi) is 4.78. The minimum atomic E-state index is -0.273. The lowest BCUT2D eigenvalue weighted by molar-refractivity contribution is 0.102. The number of anilines is 2. The Hall–Kier alpha value is -2.44. The van der Waals surface area contributed by atoms with Crippen LogP contribution in [0, 0.1) is 6.92 Å². The fourth-order valence-electron chi connectivity index (χ4n) is 2.04. The largest absolute Gasteiger partial charge is 0.382 e. The van der Waals surface area contributed by atoms with Crippen LogP contribution in [-0.2, 0) is 0 Å². The van der Waals surface area contributed by atoms with E-state index in [9.17, 15) is 4.79 Å². The molecule has 4 N–H and O–H groups in total. The predicted molar refractivity (Wildman–Crippen MR) is 97.7 cm³/mol. The molecule has 2 aromatic carbocycles.